The number of amides is 1. The molecule has 1 amide bonds. The van der Waals surface area contributed by atoms with Gasteiger partial charge in [0.2, 0.25) is 5.91 Å². The van der Waals surface area contributed by atoms with E-state index in [0.717, 1.165) is 31.1 Å². The van der Waals surface area contributed by atoms with Gasteiger partial charge in [0.15, 0.2) is 0 Å². The molecule has 1 aliphatic heterocycles. The first-order valence-corrected chi connectivity index (χ1v) is 7.90. The fourth-order valence-corrected chi connectivity index (χ4v) is 2.81. The van der Waals surface area contributed by atoms with Crippen molar-refractivity contribution in [3.05, 3.63) is 11.6 Å². The summed E-state index contributed by atoms with van der Waals surface area (Å²) in [6.45, 7) is 8.26. The van der Waals surface area contributed by atoms with E-state index in [2.05, 4.69) is 15.2 Å². The molecule has 1 fully saturated rings. The molecule has 0 spiro atoms. The van der Waals surface area contributed by atoms with Crippen molar-refractivity contribution >= 4 is 17.2 Å². The topological polar surface area (TPSA) is 54.5 Å². The maximum Gasteiger partial charge on any atom is 0.273 e. The Morgan fingerprint density at radius 3 is 2.75 bits per heavy atom. The zero-order valence-electron chi connectivity index (χ0n) is 12.4. The van der Waals surface area contributed by atoms with Gasteiger partial charge in [-0.2, -0.15) is 0 Å². The van der Waals surface area contributed by atoms with Gasteiger partial charge >= 0.3 is 0 Å². The van der Waals surface area contributed by atoms with Gasteiger partial charge in [0.05, 0.1) is 6.54 Å². The van der Waals surface area contributed by atoms with Crippen molar-refractivity contribution in [2.75, 3.05) is 19.6 Å². The van der Waals surface area contributed by atoms with Crippen LogP contribution in [0, 0.1) is 0 Å². The smallest absolute Gasteiger partial charge is 0.273 e. The summed E-state index contributed by atoms with van der Waals surface area (Å²) in [7, 11) is 0. The summed E-state index contributed by atoms with van der Waals surface area (Å²) in [5.74, 6) is 0.0943. The molecule has 0 atom stereocenters. The summed E-state index contributed by atoms with van der Waals surface area (Å²) in [4.78, 5) is 18.2. The summed E-state index contributed by atoms with van der Waals surface area (Å²) < 4.78 is 5.81. The van der Waals surface area contributed by atoms with Gasteiger partial charge in [-0.05, 0) is 33.6 Å². The molecule has 5 nitrogen and oxygen atoms in total. The molecular formula is C14H23N3O2S. The predicted molar refractivity (Wildman–Crippen MR) is 80.1 cm³/mol. The van der Waals surface area contributed by atoms with Gasteiger partial charge in [0.1, 0.15) is 6.10 Å². The first-order chi connectivity index (χ1) is 9.42. The summed E-state index contributed by atoms with van der Waals surface area (Å²) in [6, 6.07) is 0. The first-order valence-electron chi connectivity index (χ1n) is 7.02. The predicted octanol–water partition coefficient (Wildman–Crippen LogP) is 1.90. The van der Waals surface area contributed by atoms with Crippen molar-refractivity contribution in [3.8, 4) is 5.19 Å². The number of carbonyl (C=O) groups excluding carboxylic acids is 1. The van der Waals surface area contributed by atoms with Crippen LogP contribution in [0.2, 0.25) is 0 Å². The Balaban J connectivity index is 1.70. The average molecular weight is 297 g/mol. The van der Waals surface area contributed by atoms with Gasteiger partial charge in [-0.15, -0.1) is 0 Å². The van der Waals surface area contributed by atoms with Gasteiger partial charge in [-0.25, -0.2) is 4.98 Å². The van der Waals surface area contributed by atoms with Crippen molar-refractivity contribution in [1.82, 2.24) is 15.2 Å². The summed E-state index contributed by atoms with van der Waals surface area (Å²) in [5.41, 5.74) is -0.163. The number of ether oxygens (including phenoxy) is 1. The minimum Gasteiger partial charge on any atom is -0.467 e. The van der Waals surface area contributed by atoms with E-state index in [1.807, 2.05) is 26.2 Å². The molecule has 1 aliphatic rings. The third-order valence-electron chi connectivity index (χ3n) is 3.09. The van der Waals surface area contributed by atoms with Crippen LogP contribution in [0.1, 0.15) is 33.6 Å². The molecule has 112 valence electrons. The number of thiazole rings is 1. The summed E-state index contributed by atoms with van der Waals surface area (Å²) in [6.07, 6.45) is 3.87. The maximum absolute atomic E-state index is 11.9. The molecule has 20 heavy (non-hydrogen) atoms. The van der Waals surface area contributed by atoms with Crippen molar-refractivity contribution < 1.29 is 9.53 Å². The van der Waals surface area contributed by atoms with E-state index in [0.29, 0.717) is 6.54 Å². The number of nitrogens with one attached hydrogen (secondary N) is 1. The zero-order valence-corrected chi connectivity index (χ0v) is 13.2. The number of hydrogen-bond donors (Lipinski definition) is 1. The second-order valence-electron chi connectivity index (χ2n) is 6.19. The molecule has 1 aromatic rings. The fourth-order valence-electron chi connectivity index (χ4n) is 2.26. The number of aromatic nitrogens is 1. The number of rotatable bonds is 4. The van der Waals surface area contributed by atoms with E-state index in [-0.39, 0.29) is 17.6 Å². The minimum absolute atomic E-state index is 0.0943. The highest BCUT2D eigenvalue weighted by atomic mass is 32.1. The molecule has 0 unspecified atom stereocenters. The standard InChI is InChI=1S/C14H23N3O2S/c1-14(2,3)16-12(18)10-17-7-4-11(5-8-17)19-13-15-6-9-20-13/h6,9,11H,4-5,7-8,10H2,1-3H3,(H,16,18). The van der Waals surface area contributed by atoms with E-state index in [9.17, 15) is 4.79 Å². The van der Waals surface area contributed by atoms with Crippen LogP contribution in [0.15, 0.2) is 11.6 Å². The van der Waals surface area contributed by atoms with E-state index >= 15 is 0 Å². The molecule has 0 saturated carbocycles. The van der Waals surface area contributed by atoms with E-state index < -0.39 is 0 Å². The summed E-state index contributed by atoms with van der Waals surface area (Å²) in [5, 5.41) is 5.66. The lowest BCUT2D eigenvalue weighted by Crippen LogP contribution is -2.48. The van der Waals surface area contributed by atoms with Crippen molar-refractivity contribution in [2.45, 2.75) is 45.3 Å². The van der Waals surface area contributed by atoms with E-state index in [1.54, 1.807) is 6.20 Å². The average Bonchev–Trinajstić information content (AvgIpc) is 2.82. The van der Waals surface area contributed by atoms with Gasteiger partial charge < -0.3 is 10.1 Å². The molecule has 0 aromatic carbocycles. The molecule has 1 N–H and O–H groups in total. The second-order valence-corrected chi connectivity index (χ2v) is 7.05. The normalized spacial score (nSPS) is 17.9. The lowest BCUT2D eigenvalue weighted by atomic mass is 10.1. The van der Waals surface area contributed by atoms with Crippen LogP contribution >= 0.6 is 11.3 Å². The number of likely N-dealkylation sites (tertiary alicyclic amines) is 1. The maximum atomic E-state index is 11.9. The Morgan fingerprint density at radius 2 is 2.20 bits per heavy atom. The quantitative estimate of drug-likeness (QED) is 0.922. The van der Waals surface area contributed by atoms with Gasteiger partial charge in [-0.3, -0.25) is 9.69 Å². The number of hydrogen-bond acceptors (Lipinski definition) is 5. The second kappa shape index (κ2) is 6.54. The Labute approximate surface area is 124 Å². The van der Waals surface area contributed by atoms with Crippen molar-refractivity contribution in [2.24, 2.45) is 0 Å². The molecule has 0 bridgehead atoms. The molecule has 6 heteroatoms. The largest absolute Gasteiger partial charge is 0.467 e. The highest BCUT2D eigenvalue weighted by Gasteiger charge is 2.23. The number of piperidine rings is 1. The van der Waals surface area contributed by atoms with Crippen LogP contribution in [-0.4, -0.2) is 47.1 Å². The van der Waals surface area contributed by atoms with Crippen LogP contribution in [0.25, 0.3) is 0 Å². The molecule has 0 aliphatic carbocycles. The van der Waals surface area contributed by atoms with Crippen LogP contribution in [0.4, 0.5) is 0 Å². The fraction of sp³-hybridized carbons (Fsp3) is 0.714. The summed E-state index contributed by atoms with van der Waals surface area (Å²) >= 11 is 1.52. The zero-order chi connectivity index (χ0) is 14.6. The lowest BCUT2D eigenvalue weighted by Gasteiger charge is -2.32. The Hall–Kier alpha value is -1.14. The Bertz CT molecular complexity index is 420. The van der Waals surface area contributed by atoms with Gasteiger partial charge in [0.25, 0.3) is 5.19 Å². The molecule has 1 aromatic heterocycles. The van der Waals surface area contributed by atoms with Crippen LogP contribution in [-0.2, 0) is 4.79 Å². The highest BCUT2D eigenvalue weighted by Crippen LogP contribution is 2.20. The van der Waals surface area contributed by atoms with Gasteiger partial charge in [0, 0.05) is 30.2 Å². The van der Waals surface area contributed by atoms with Crippen LogP contribution < -0.4 is 10.1 Å². The highest BCUT2D eigenvalue weighted by molar-refractivity contribution is 7.11. The number of carbonyl (C=O) groups is 1. The Kier molecular flexibility index (Phi) is 4.99. The van der Waals surface area contributed by atoms with Crippen molar-refractivity contribution in [1.29, 1.82) is 0 Å². The molecule has 2 heterocycles. The molecule has 0 radical (unpaired) electrons. The van der Waals surface area contributed by atoms with Gasteiger partial charge in [-0.1, -0.05) is 11.3 Å². The Morgan fingerprint density at radius 1 is 1.50 bits per heavy atom. The third kappa shape index (κ3) is 5.09. The molecule has 1 saturated heterocycles. The molecule has 2 rings (SSSR count). The first kappa shape index (κ1) is 15.3. The van der Waals surface area contributed by atoms with Crippen molar-refractivity contribution in [3.63, 3.8) is 0 Å². The van der Waals surface area contributed by atoms with E-state index in [4.69, 9.17) is 4.74 Å². The van der Waals surface area contributed by atoms with Crippen LogP contribution in [0.5, 0.6) is 5.19 Å². The molecular weight excluding hydrogens is 274 g/mol. The lowest BCUT2D eigenvalue weighted by molar-refractivity contribution is -0.124. The monoisotopic (exact) mass is 297 g/mol. The number of nitrogens with zero attached hydrogens (tertiary/aromatic N) is 2. The van der Waals surface area contributed by atoms with E-state index in [1.165, 1.54) is 11.3 Å². The minimum atomic E-state index is -0.163. The SMILES string of the molecule is CC(C)(C)NC(=O)CN1CCC(Oc2nccs2)CC1. The van der Waals surface area contributed by atoms with Crippen LogP contribution in [0.3, 0.4) is 0 Å². The third-order valence-corrected chi connectivity index (χ3v) is 3.75.